The van der Waals surface area contributed by atoms with Crippen molar-refractivity contribution in [1.29, 1.82) is 0 Å². The third-order valence-electron chi connectivity index (χ3n) is 3.26. The third kappa shape index (κ3) is 3.05. The monoisotopic (exact) mass is 293 g/mol. The number of methoxy groups -OCH3 is 1. The predicted octanol–water partition coefficient (Wildman–Crippen LogP) is 4.97. The Morgan fingerprint density at radius 3 is 2.65 bits per heavy atom. The zero-order valence-corrected chi connectivity index (χ0v) is 12.5. The highest BCUT2D eigenvalue weighted by Crippen LogP contribution is 2.30. The van der Waals surface area contributed by atoms with Gasteiger partial charge in [-0.15, -0.1) is 0 Å². The maximum Gasteiger partial charge on any atom is 0.165 e. The molecule has 0 saturated carbocycles. The molecular weight excluding hydrogens is 277 g/mol. The fourth-order valence-corrected chi connectivity index (χ4v) is 2.34. The summed E-state index contributed by atoms with van der Waals surface area (Å²) in [6, 6.07) is 10.6. The normalized spacial score (nSPS) is 12.1. The smallest absolute Gasteiger partial charge is 0.165 e. The van der Waals surface area contributed by atoms with Gasteiger partial charge in [-0.25, -0.2) is 4.39 Å². The van der Waals surface area contributed by atoms with Gasteiger partial charge in [-0.1, -0.05) is 29.8 Å². The lowest BCUT2D eigenvalue weighted by molar-refractivity contribution is 0.385. The average molecular weight is 294 g/mol. The van der Waals surface area contributed by atoms with E-state index in [9.17, 15) is 4.39 Å². The lowest BCUT2D eigenvalue weighted by atomic mass is 10.1. The Hall–Kier alpha value is -1.74. The van der Waals surface area contributed by atoms with Gasteiger partial charge < -0.3 is 10.1 Å². The molecule has 0 radical (unpaired) electrons. The quantitative estimate of drug-likeness (QED) is 0.859. The lowest BCUT2D eigenvalue weighted by Crippen LogP contribution is -2.08. The summed E-state index contributed by atoms with van der Waals surface area (Å²) in [5.41, 5.74) is 2.89. The van der Waals surface area contributed by atoms with Crippen molar-refractivity contribution < 1.29 is 9.13 Å². The summed E-state index contributed by atoms with van der Waals surface area (Å²) in [5.74, 6) is -0.121. The van der Waals surface area contributed by atoms with Crippen LogP contribution >= 0.6 is 11.6 Å². The van der Waals surface area contributed by atoms with Crippen molar-refractivity contribution in [3.8, 4) is 5.75 Å². The van der Waals surface area contributed by atoms with Crippen LogP contribution in [-0.4, -0.2) is 7.11 Å². The Labute approximate surface area is 123 Å². The molecule has 0 aliphatic heterocycles. The number of rotatable bonds is 4. The van der Waals surface area contributed by atoms with Crippen molar-refractivity contribution >= 4 is 17.3 Å². The van der Waals surface area contributed by atoms with Gasteiger partial charge in [0.1, 0.15) is 0 Å². The molecule has 4 heteroatoms. The molecule has 0 aliphatic rings. The van der Waals surface area contributed by atoms with Gasteiger partial charge in [0.15, 0.2) is 11.6 Å². The fourth-order valence-electron chi connectivity index (χ4n) is 2.06. The van der Waals surface area contributed by atoms with Crippen LogP contribution in [0.1, 0.15) is 24.1 Å². The third-order valence-corrected chi connectivity index (χ3v) is 3.57. The lowest BCUT2D eigenvalue weighted by Gasteiger charge is -2.19. The second kappa shape index (κ2) is 6.14. The Kier molecular flexibility index (Phi) is 4.50. The van der Waals surface area contributed by atoms with Crippen molar-refractivity contribution in [2.45, 2.75) is 19.9 Å². The van der Waals surface area contributed by atoms with Crippen LogP contribution in [0.15, 0.2) is 36.4 Å². The van der Waals surface area contributed by atoms with Crippen LogP contribution in [0.5, 0.6) is 5.75 Å². The van der Waals surface area contributed by atoms with Gasteiger partial charge in [0.2, 0.25) is 0 Å². The summed E-state index contributed by atoms with van der Waals surface area (Å²) in [6.07, 6.45) is 0. The molecular formula is C16H17ClFNO. The molecule has 1 N–H and O–H groups in total. The number of para-hydroxylation sites is 1. The van der Waals surface area contributed by atoms with E-state index in [2.05, 4.69) is 5.32 Å². The van der Waals surface area contributed by atoms with Crippen LogP contribution in [0.3, 0.4) is 0 Å². The van der Waals surface area contributed by atoms with E-state index in [1.807, 2.05) is 32.0 Å². The highest BCUT2D eigenvalue weighted by atomic mass is 35.5. The van der Waals surface area contributed by atoms with Crippen LogP contribution in [0, 0.1) is 12.7 Å². The molecule has 0 fully saturated rings. The second-order valence-electron chi connectivity index (χ2n) is 4.69. The molecule has 2 aromatic rings. The van der Waals surface area contributed by atoms with Crippen molar-refractivity contribution in [3.05, 3.63) is 58.4 Å². The Morgan fingerprint density at radius 2 is 2.00 bits per heavy atom. The average Bonchev–Trinajstić information content (AvgIpc) is 2.43. The number of aryl methyl sites for hydroxylation is 1. The van der Waals surface area contributed by atoms with E-state index in [0.29, 0.717) is 5.02 Å². The molecule has 0 spiro atoms. The molecule has 106 valence electrons. The molecule has 0 amide bonds. The first-order valence-corrected chi connectivity index (χ1v) is 6.76. The number of anilines is 1. The van der Waals surface area contributed by atoms with Crippen LogP contribution in [0.25, 0.3) is 0 Å². The van der Waals surface area contributed by atoms with E-state index in [1.165, 1.54) is 13.2 Å². The minimum atomic E-state index is -0.364. The van der Waals surface area contributed by atoms with Crippen LogP contribution in [0.2, 0.25) is 5.02 Å². The molecule has 2 nitrogen and oxygen atoms in total. The molecule has 0 saturated heterocycles. The molecule has 0 bridgehead atoms. The zero-order chi connectivity index (χ0) is 14.7. The number of benzene rings is 2. The number of halogens is 2. The van der Waals surface area contributed by atoms with Crippen molar-refractivity contribution in [3.63, 3.8) is 0 Å². The summed E-state index contributed by atoms with van der Waals surface area (Å²) in [7, 11) is 1.46. The van der Waals surface area contributed by atoms with E-state index < -0.39 is 0 Å². The van der Waals surface area contributed by atoms with Gasteiger partial charge in [0.25, 0.3) is 0 Å². The second-order valence-corrected chi connectivity index (χ2v) is 5.10. The van der Waals surface area contributed by atoms with Crippen molar-refractivity contribution in [2.75, 3.05) is 12.4 Å². The van der Waals surface area contributed by atoms with E-state index in [-0.39, 0.29) is 17.6 Å². The van der Waals surface area contributed by atoms with Crippen LogP contribution in [0.4, 0.5) is 10.1 Å². The molecule has 1 unspecified atom stereocenters. The highest BCUT2D eigenvalue weighted by molar-refractivity contribution is 6.33. The number of hydrogen-bond acceptors (Lipinski definition) is 2. The molecule has 0 aliphatic carbocycles. The van der Waals surface area contributed by atoms with Gasteiger partial charge in [0.05, 0.1) is 17.8 Å². The predicted molar refractivity (Wildman–Crippen MR) is 81.2 cm³/mol. The molecule has 2 aromatic carbocycles. The summed E-state index contributed by atoms with van der Waals surface area (Å²) in [6.45, 7) is 3.99. The molecule has 0 heterocycles. The summed E-state index contributed by atoms with van der Waals surface area (Å²) in [4.78, 5) is 0. The first-order valence-electron chi connectivity index (χ1n) is 6.38. The fraction of sp³-hybridized carbons (Fsp3) is 0.250. The standard InChI is InChI=1S/C16H17ClFNO/c1-10-5-4-6-13(17)16(10)19-11(2)12-7-8-14(18)15(9-12)20-3/h4-9,11,19H,1-3H3. The van der Waals surface area contributed by atoms with E-state index in [0.717, 1.165) is 16.8 Å². The van der Waals surface area contributed by atoms with Gasteiger partial charge in [-0.2, -0.15) is 0 Å². The maximum absolute atomic E-state index is 13.4. The van der Waals surface area contributed by atoms with Crippen molar-refractivity contribution in [2.24, 2.45) is 0 Å². The SMILES string of the molecule is COc1cc(C(C)Nc2c(C)cccc2Cl)ccc1F. The molecule has 0 aromatic heterocycles. The van der Waals surface area contributed by atoms with Crippen LogP contribution in [-0.2, 0) is 0 Å². The van der Waals surface area contributed by atoms with Crippen LogP contribution < -0.4 is 10.1 Å². The minimum absolute atomic E-state index is 0.0110. The zero-order valence-electron chi connectivity index (χ0n) is 11.7. The van der Waals surface area contributed by atoms with E-state index in [4.69, 9.17) is 16.3 Å². The largest absolute Gasteiger partial charge is 0.494 e. The number of ether oxygens (including phenoxy) is 1. The Balaban J connectivity index is 2.26. The van der Waals surface area contributed by atoms with Gasteiger partial charge >= 0.3 is 0 Å². The van der Waals surface area contributed by atoms with Gasteiger partial charge in [-0.05, 0) is 43.2 Å². The highest BCUT2D eigenvalue weighted by Gasteiger charge is 2.12. The van der Waals surface area contributed by atoms with Crippen molar-refractivity contribution in [1.82, 2.24) is 0 Å². The maximum atomic E-state index is 13.4. The van der Waals surface area contributed by atoms with E-state index in [1.54, 1.807) is 12.1 Å². The van der Waals surface area contributed by atoms with Gasteiger partial charge in [-0.3, -0.25) is 0 Å². The summed E-state index contributed by atoms with van der Waals surface area (Å²) >= 11 is 6.20. The van der Waals surface area contributed by atoms with E-state index >= 15 is 0 Å². The minimum Gasteiger partial charge on any atom is -0.494 e. The van der Waals surface area contributed by atoms with Gasteiger partial charge in [0, 0.05) is 6.04 Å². The molecule has 1 atom stereocenters. The Bertz CT molecular complexity index is 595. The first-order chi connectivity index (χ1) is 9.52. The Morgan fingerprint density at radius 1 is 1.25 bits per heavy atom. The topological polar surface area (TPSA) is 21.3 Å². The first kappa shape index (κ1) is 14.7. The number of hydrogen-bond donors (Lipinski definition) is 1. The summed E-state index contributed by atoms with van der Waals surface area (Å²) < 4.78 is 18.4. The molecule has 20 heavy (non-hydrogen) atoms. The number of nitrogens with one attached hydrogen (secondary N) is 1. The summed E-state index contributed by atoms with van der Waals surface area (Å²) in [5, 5.41) is 4.03. The molecule has 2 rings (SSSR count).